The van der Waals surface area contributed by atoms with Gasteiger partial charge in [0.15, 0.2) is 0 Å². The van der Waals surface area contributed by atoms with E-state index in [0.717, 1.165) is 26.1 Å². The van der Waals surface area contributed by atoms with E-state index in [1.807, 2.05) is 0 Å². The van der Waals surface area contributed by atoms with Crippen molar-refractivity contribution in [2.75, 3.05) is 18.4 Å². The summed E-state index contributed by atoms with van der Waals surface area (Å²) in [7, 11) is 0. The number of anilines is 1. The summed E-state index contributed by atoms with van der Waals surface area (Å²) in [6.45, 7) is 4.91. The fourth-order valence-corrected chi connectivity index (χ4v) is 2.47. The molecule has 1 fully saturated rings. The van der Waals surface area contributed by atoms with Crippen molar-refractivity contribution < 1.29 is 4.42 Å². The number of hydrogen-bond donors (Lipinski definition) is 1. The fourth-order valence-electron chi connectivity index (χ4n) is 2.47. The summed E-state index contributed by atoms with van der Waals surface area (Å²) in [5.74, 6) is 0.599. The quantitative estimate of drug-likeness (QED) is 0.909. The van der Waals surface area contributed by atoms with Gasteiger partial charge in [0.05, 0.1) is 0 Å². The van der Waals surface area contributed by atoms with Gasteiger partial charge >= 0.3 is 6.01 Å². The highest BCUT2D eigenvalue weighted by Crippen LogP contribution is 2.17. The lowest BCUT2D eigenvalue weighted by Gasteiger charge is -2.16. The van der Waals surface area contributed by atoms with Crippen molar-refractivity contribution >= 4 is 6.01 Å². The molecule has 0 bridgehead atoms. The van der Waals surface area contributed by atoms with E-state index in [4.69, 9.17) is 4.42 Å². The Kier molecular flexibility index (Phi) is 3.46. The van der Waals surface area contributed by atoms with Crippen LogP contribution in [0.3, 0.4) is 0 Å². The van der Waals surface area contributed by atoms with Crippen LogP contribution < -0.4 is 5.32 Å². The van der Waals surface area contributed by atoms with Crippen LogP contribution in [-0.2, 0) is 6.54 Å². The summed E-state index contributed by atoms with van der Waals surface area (Å²) in [6.07, 6.45) is 1.11. The minimum atomic E-state index is 0.392. The average molecular weight is 258 g/mol. The molecule has 0 radical (unpaired) electrons. The first-order valence-corrected chi connectivity index (χ1v) is 6.62. The SMILES string of the molecule is Cc1nnc(N[C@@H]2CCN(Cc3ccccc3)C2)o1. The molecule has 19 heavy (non-hydrogen) atoms. The molecule has 0 spiro atoms. The third-order valence-corrected chi connectivity index (χ3v) is 3.38. The molecule has 2 aromatic rings. The smallest absolute Gasteiger partial charge is 0.315 e. The Labute approximate surface area is 112 Å². The molecule has 0 amide bonds. The summed E-state index contributed by atoms with van der Waals surface area (Å²) >= 11 is 0. The predicted molar refractivity (Wildman–Crippen MR) is 72.8 cm³/mol. The molecule has 3 rings (SSSR count). The van der Waals surface area contributed by atoms with Crippen molar-refractivity contribution in [3.05, 3.63) is 41.8 Å². The first-order chi connectivity index (χ1) is 9.29. The lowest BCUT2D eigenvalue weighted by molar-refractivity contribution is 0.328. The highest BCUT2D eigenvalue weighted by molar-refractivity contribution is 5.21. The molecule has 1 atom stereocenters. The molecule has 1 N–H and O–H groups in total. The van der Waals surface area contributed by atoms with Gasteiger partial charge in [-0.2, -0.15) is 0 Å². The largest absolute Gasteiger partial charge is 0.408 e. The summed E-state index contributed by atoms with van der Waals surface area (Å²) in [6, 6.07) is 11.5. The van der Waals surface area contributed by atoms with Crippen molar-refractivity contribution in [1.82, 2.24) is 15.1 Å². The van der Waals surface area contributed by atoms with Gasteiger partial charge in [0, 0.05) is 32.6 Å². The van der Waals surface area contributed by atoms with Gasteiger partial charge in [-0.05, 0) is 12.0 Å². The van der Waals surface area contributed by atoms with Crippen LogP contribution in [0, 0.1) is 6.92 Å². The summed E-state index contributed by atoms with van der Waals surface area (Å²) < 4.78 is 5.35. The van der Waals surface area contributed by atoms with E-state index in [9.17, 15) is 0 Å². The number of nitrogens with one attached hydrogen (secondary N) is 1. The highest BCUT2D eigenvalue weighted by Gasteiger charge is 2.23. The number of benzene rings is 1. The van der Waals surface area contributed by atoms with Crippen molar-refractivity contribution in [1.29, 1.82) is 0 Å². The molecule has 5 heteroatoms. The fraction of sp³-hybridized carbons (Fsp3) is 0.429. The predicted octanol–water partition coefficient (Wildman–Crippen LogP) is 2.06. The van der Waals surface area contributed by atoms with E-state index in [2.05, 4.69) is 50.7 Å². The zero-order valence-electron chi connectivity index (χ0n) is 11.0. The number of hydrogen-bond acceptors (Lipinski definition) is 5. The molecule has 1 aliphatic heterocycles. The maximum absolute atomic E-state index is 5.35. The average Bonchev–Trinajstić information content (AvgIpc) is 3.01. The third-order valence-electron chi connectivity index (χ3n) is 3.38. The Morgan fingerprint density at radius 1 is 1.32 bits per heavy atom. The van der Waals surface area contributed by atoms with Crippen molar-refractivity contribution in [2.45, 2.75) is 25.9 Å². The second kappa shape index (κ2) is 5.40. The topological polar surface area (TPSA) is 54.2 Å². The van der Waals surface area contributed by atoms with Gasteiger partial charge < -0.3 is 9.73 Å². The van der Waals surface area contributed by atoms with E-state index >= 15 is 0 Å². The second-order valence-electron chi connectivity index (χ2n) is 4.98. The normalized spacial score (nSPS) is 19.7. The number of aromatic nitrogens is 2. The molecule has 5 nitrogen and oxygen atoms in total. The molecule has 0 unspecified atom stereocenters. The Hall–Kier alpha value is -1.88. The zero-order chi connectivity index (χ0) is 13.1. The van der Waals surface area contributed by atoms with Crippen LogP contribution in [0.1, 0.15) is 17.9 Å². The van der Waals surface area contributed by atoms with Crippen LogP contribution in [0.15, 0.2) is 34.7 Å². The zero-order valence-corrected chi connectivity index (χ0v) is 11.0. The molecule has 1 aliphatic rings. The van der Waals surface area contributed by atoms with Crippen LogP contribution in [0.5, 0.6) is 0 Å². The van der Waals surface area contributed by atoms with Gasteiger partial charge in [0.1, 0.15) is 0 Å². The van der Waals surface area contributed by atoms with Crippen LogP contribution in [0.25, 0.3) is 0 Å². The molecular weight excluding hydrogens is 240 g/mol. The van der Waals surface area contributed by atoms with Crippen molar-refractivity contribution in [2.24, 2.45) is 0 Å². The van der Waals surface area contributed by atoms with Crippen LogP contribution in [0.4, 0.5) is 6.01 Å². The van der Waals surface area contributed by atoms with Crippen molar-refractivity contribution in [3.63, 3.8) is 0 Å². The van der Waals surface area contributed by atoms with Gasteiger partial charge in [-0.25, -0.2) is 0 Å². The molecule has 0 saturated carbocycles. The number of rotatable bonds is 4. The summed E-state index contributed by atoms with van der Waals surface area (Å²) in [4.78, 5) is 2.44. The van der Waals surface area contributed by atoms with E-state index in [1.165, 1.54) is 5.56 Å². The van der Waals surface area contributed by atoms with E-state index < -0.39 is 0 Å². The van der Waals surface area contributed by atoms with Gasteiger partial charge in [0.25, 0.3) is 0 Å². The van der Waals surface area contributed by atoms with Gasteiger partial charge in [-0.3, -0.25) is 4.90 Å². The minimum Gasteiger partial charge on any atom is -0.408 e. The Morgan fingerprint density at radius 3 is 2.89 bits per heavy atom. The third kappa shape index (κ3) is 3.12. The Bertz CT molecular complexity index is 525. The summed E-state index contributed by atoms with van der Waals surface area (Å²) in [5, 5.41) is 11.1. The minimum absolute atomic E-state index is 0.392. The molecule has 1 aromatic heterocycles. The van der Waals surface area contributed by atoms with E-state index in [-0.39, 0.29) is 0 Å². The molecule has 1 aromatic carbocycles. The van der Waals surface area contributed by atoms with Gasteiger partial charge in [-0.15, -0.1) is 5.10 Å². The first-order valence-electron chi connectivity index (χ1n) is 6.62. The highest BCUT2D eigenvalue weighted by atomic mass is 16.4. The molecular formula is C14H18N4O. The molecule has 0 aliphatic carbocycles. The maximum atomic E-state index is 5.35. The van der Waals surface area contributed by atoms with Crippen LogP contribution in [-0.4, -0.2) is 34.2 Å². The van der Waals surface area contributed by atoms with E-state index in [1.54, 1.807) is 6.92 Å². The van der Waals surface area contributed by atoms with Crippen molar-refractivity contribution in [3.8, 4) is 0 Å². The van der Waals surface area contributed by atoms with E-state index in [0.29, 0.717) is 17.9 Å². The maximum Gasteiger partial charge on any atom is 0.315 e. The first kappa shape index (κ1) is 12.2. The summed E-state index contributed by atoms with van der Waals surface area (Å²) in [5.41, 5.74) is 1.36. The van der Waals surface area contributed by atoms with Crippen LogP contribution >= 0.6 is 0 Å². The Morgan fingerprint density at radius 2 is 2.16 bits per heavy atom. The standard InChI is InChI=1S/C14H18N4O/c1-11-16-17-14(19-11)15-13-7-8-18(10-13)9-12-5-3-2-4-6-12/h2-6,13H,7-10H2,1H3,(H,15,17)/t13-/m1/s1. The number of nitrogens with zero attached hydrogens (tertiary/aromatic N) is 3. The lowest BCUT2D eigenvalue weighted by atomic mass is 10.2. The lowest BCUT2D eigenvalue weighted by Crippen LogP contribution is -2.26. The Balaban J connectivity index is 1.53. The number of likely N-dealkylation sites (tertiary alicyclic amines) is 1. The second-order valence-corrected chi connectivity index (χ2v) is 4.98. The van der Waals surface area contributed by atoms with Gasteiger partial charge in [0.2, 0.25) is 5.89 Å². The molecule has 1 saturated heterocycles. The van der Waals surface area contributed by atoms with Crippen LogP contribution in [0.2, 0.25) is 0 Å². The monoisotopic (exact) mass is 258 g/mol. The molecule has 2 heterocycles. The molecule has 100 valence electrons. The number of aryl methyl sites for hydroxylation is 1. The van der Waals surface area contributed by atoms with Gasteiger partial charge in [-0.1, -0.05) is 35.4 Å².